The molecule has 0 N–H and O–H groups in total. The van der Waals surface area contributed by atoms with Crippen LogP contribution in [0.2, 0.25) is 0 Å². The molecule has 2 aromatic rings. The Bertz CT molecular complexity index is 507. The second-order valence-electron chi connectivity index (χ2n) is 3.07. The molecule has 2 nitrogen and oxygen atoms in total. The van der Waals surface area contributed by atoms with E-state index >= 15 is 0 Å². The standard InChI is InChI=1S/C11H8FNOS/c1-7-13-5-10(15-7)11-8(6-14)3-2-4-9(11)12/h2-6H,1H3. The van der Waals surface area contributed by atoms with Crippen LogP contribution < -0.4 is 0 Å². The Morgan fingerprint density at radius 3 is 2.87 bits per heavy atom. The maximum atomic E-state index is 13.6. The van der Waals surface area contributed by atoms with Crippen molar-refractivity contribution in [3.63, 3.8) is 0 Å². The maximum absolute atomic E-state index is 13.6. The molecule has 0 spiro atoms. The molecule has 0 aliphatic rings. The summed E-state index contributed by atoms with van der Waals surface area (Å²) in [6, 6.07) is 4.47. The average Bonchev–Trinajstić information content (AvgIpc) is 2.64. The van der Waals surface area contributed by atoms with Gasteiger partial charge in [-0.1, -0.05) is 12.1 Å². The number of rotatable bonds is 2. The van der Waals surface area contributed by atoms with E-state index in [0.717, 1.165) is 5.01 Å². The van der Waals surface area contributed by atoms with Crippen molar-refractivity contribution in [2.75, 3.05) is 0 Å². The molecule has 0 bridgehead atoms. The molecule has 0 aliphatic carbocycles. The van der Waals surface area contributed by atoms with Gasteiger partial charge in [-0.15, -0.1) is 11.3 Å². The summed E-state index contributed by atoms with van der Waals surface area (Å²) in [6.45, 7) is 1.84. The number of aromatic nitrogens is 1. The first-order valence-electron chi connectivity index (χ1n) is 4.39. The molecule has 76 valence electrons. The first-order chi connectivity index (χ1) is 7.22. The number of nitrogens with zero attached hydrogens (tertiary/aromatic N) is 1. The summed E-state index contributed by atoms with van der Waals surface area (Å²) in [5.74, 6) is -0.386. The highest BCUT2D eigenvalue weighted by Gasteiger charge is 2.12. The number of halogens is 1. The summed E-state index contributed by atoms with van der Waals surface area (Å²) in [5, 5.41) is 0.852. The summed E-state index contributed by atoms with van der Waals surface area (Å²) in [5.41, 5.74) is 0.705. The third kappa shape index (κ3) is 1.80. The predicted molar refractivity (Wildman–Crippen MR) is 57.6 cm³/mol. The lowest BCUT2D eigenvalue weighted by atomic mass is 10.1. The molecule has 1 aromatic carbocycles. The molecule has 0 unspecified atom stereocenters. The second kappa shape index (κ2) is 3.90. The topological polar surface area (TPSA) is 30.0 Å². The number of hydrogen-bond donors (Lipinski definition) is 0. The first kappa shape index (κ1) is 9.98. The molecule has 0 atom stereocenters. The van der Waals surface area contributed by atoms with Gasteiger partial charge in [0, 0.05) is 17.3 Å². The summed E-state index contributed by atoms with van der Waals surface area (Å²) in [7, 11) is 0. The molecule has 0 aliphatic heterocycles. The highest BCUT2D eigenvalue weighted by Crippen LogP contribution is 2.30. The van der Waals surface area contributed by atoms with E-state index in [1.807, 2.05) is 6.92 Å². The zero-order chi connectivity index (χ0) is 10.8. The zero-order valence-corrected chi connectivity index (χ0v) is 8.84. The molecule has 0 fully saturated rings. The van der Waals surface area contributed by atoms with Crippen LogP contribution in [0.3, 0.4) is 0 Å². The Balaban J connectivity index is 2.65. The van der Waals surface area contributed by atoms with E-state index in [4.69, 9.17) is 0 Å². The molecular formula is C11H8FNOS. The Labute approximate surface area is 90.4 Å². The van der Waals surface area contributed by atoms with Gasteiger partial charge in [-0.25, -0.2) is 9.37 Å². The van der Waals surface area contributed by atoms with Gasteiger partial charge in [0.15, 0.2) is 6.29 Å². The van der Waals surface area contributed by atoms with Crippen LogP contribution in [0.4, 0.5) is 4.39 Å². The van der Waals surface area contributed by atoms with Gasteiger partial charge in [0.05, 0.1) is 9.88 Å². The van der Waals surface area contributed by atoms with Crippen LogP contribution in [-0.4, -0.2) is 11.3 Å². The third-order valence-corrected chi connectivity index (χ3v) is 2.97. The van der Waals surface area contributed by atoms with E-state index in [1.54, 1.807) is 12.3 Å². The molecule has 0 amide bonds. The van der Waals surface area contributed by atoms with Crippen LogP contribution >= 0.6 is 11.3 Å². The van der Waals surface area contributed by atoms with Crippen molar-refractivity contribution in [3.05, 3.63) is 40.8 Å². The molecule has 0 radical (unpaired) electrons. The Morgan fingerprint density at radius 1 is 1.47 bits per heavy atom. The van der Waals surface area contributed by atoms with Crippen molar-refractivity contribution in [1.82, 2.24) is 4.98 Å². The molecule has 1 heterocycles. The van der Waals surface area contributed by atoms with Gasteiger partial charge >= 0.3 is 0 Å². The number of aldehydes is 1. The van der Waals surface area contributed by atoms with Crippen LogP contribution in [-0.2, 0) is 0 Å². The minimum absolute atomic E-state index is 0.345. The minimum atomic E-state index is -0.386. The molecular weight excluding hydrogens is 213 g/mol. The van der Waals surface area contributed by atoms with Crippen LogP contribution in [0.1, 0.15) is 15.4 Å². The average molecular weight is 221 g/mol. The van der Waals surface area contributed by atoms with Crippen LogP contribution in [0.5, 0.6) is 0 Å². The van der Waals surface area contributed by atoms with Crippen molar-refractivity contribution in [1.29, 1.82) is 0 Å². The minimum Gasteiger partial charge on any atom is -0.298 e. The number of benzene rings is 1. The zero-order valence-electron chi connectivity index (χ0n) is 8.03. The number of hydrogen-bond acceptors (Lipinski definition) is 3. The number of aryl methyl sites for hydroxylation is 1. The molecule has 0 saturated carbocycles. The van der Waals surface area contributed by atoms with Crippen LogP contribution in [0, 0.1) is 12.7 Å². The van der Waals surface area contributed by atoms with Crippen molar-refractivity contribution < 1.29 is 9.18 Å². The third-order valence-electron chi connectivity index (χ3n) is 2.04. The largest absolute Gasteiger partial charge is 0.298 e. The summed E-state index contributed by atoms with van der Waals surface area (Å²) >= 11 is 1.37. The number of thiazole rings is 1. The first-order valence-corrected chi connectivity index (χ1v) is 5.20. The normalized spacial score (nSPS) is 10.3. The molecule has 2 rings (SSSR count). The summed E-state index contributed by atoms with van der Waals surface area (Å²) in [6.07, 6.45) is 2.25. The Kier molecular flexibility index (Phi) is 2.60. The van der Waals surface area contributed by atoms with Crippen molar-refractivity contribution in [3.8, 4) is 10.4 Å². The lowest BCUT2D eigenvalue weighted by Crippen LogP contribution is -1.89. The molecule has 0 saturated heterocycles. The van der Waals surface area contributed by atoms with Gasteiger partial charge in [-0.3, -0.25) is 4.79 Å². The number of carbonyl (C=O) groups is 1. The van der Waals surface area contributed by atoms with E-state index in [9.17, 15) is 9.18 Å². The van der Waals surface area contributed by atoms with E-state index in [1.165, 1.54) is 23.5 Å². The predicted octanol–water partition coefficient (Wildman–Crippen LogP) is 3.07. The van der Waals surface area contributed by atoms with Gasteiger partial charge in [0.1, 0.15) is 5.82 Å². The van der Waals surface area contributed by atoms with Gasteiger partial charge in [-0.05, 0) is 13.0 Å². The van der Waals surface area contributed by atoms with Crippen molar-refractivity contribution in [2.24, 2.45) is 0 Å². The van der Waals surface area contributed by atoms with E-state index in [2.05, 4.69) is 4.98 Å². The highest BCUT2D eigenvalue weighted by molar-refractivity contribution is 7.15. The molecule has 4 heteroatoms. The van der Waals surface area contributed by atoms with Gasteiger partial charge in [0.2, 0.25) is 0 Å². The quantitative estimate of drug-likeness (QED) is 0.729. The fourth-order valence-corrected chi connectivity index (χ4v) is 2.22. The monoisotopic (exact) mass is 221 g/mol. The highest BCUT2D eigenvalue weighted by atomic mass is 32.1. The smallest absolute Gasteiger partial charge is 0.150 e. The van der Waals surface area contributed by atoms with Gasteiger partial charge < -0.3 is 0 Å². The van der Waals surface area contributed by atoms with Gasteiger partial charge in [0.25, 0.3) is 0 Å². The SMILES string of the molecule is Cc1ncc(-c2c(F)cccc2C=O)s1. The lowest BCUT2D eigenvalue weighted by Gasteiger charge is -2.02. The second-order valence-corrected chi connectivity index (χ2v) is 4.30. The maximum Gasteiger partial charge on any atom is 0.150 e. The van der Waals surface area contributed by atoms with Crippen LogP contribution in [0.15, 0.2) is 24.4 Å². The molecule has 1 aromatic heterocycles. The van der Waals surface area contributed by atoms with E-state index in [0.29, 0.717) is 22.3 Å². The fourth-order valence-electron chi connectivity index (χ4n) is 1.38. The van der Waals surface area contributed by atoms with Crippen molar-refractivity contribution in [2.45, 2.75) is 6.92 Å². The van der Waals surface area contributed by atoms with E-state index < -0.39 is 0 Å². The van der Waals surface area contributed by atoms with Crippen LogP contribution in [0.25, 0.3) is 10.4 Å². The van der Waals surface area contributed by atoms with Gasteiger partial charge in [-0.2, -0.15) is 0 Å². The van der Waals surface area contributed by atoms with Crippen molar-refractivity contribution >= 4 is 17.6 Å². The Hall–Kier alpha value is -1.55. The molecule has 15 heavy (non-hydrogen) atoms. The number of carbonyl (C=O) groups excluding carboxylic acids is 1. The van der Waals surface area contributed by atoms with E-state index in [-0.39, 0.29) is 5.82 Å². The summed E-state index contributed by atoms with van der Waals surface area (Å²) in [4.78, 5) is 15.5. The fraction of sp³-hybridized carbons (Fsp3) is 0.0909. The lowest BCUT2D eigenvalue weighted by molar-refractivity contribution is 0.112. The Morgan fingerprint density at radius 2 is 2.27 bits per heavy atom. The summed E-state index contributed by atoms with van der Waals surface area (Å²) < 4.78 is 13.6.